The second-order valence-electron chi connectivity index (χ2n) is 4.20. The Kier molecular flexibility index (Phi) is 6.82. The van der Waals surface area contributed by atoms with Crippen LogP contribution in [0.2, 0.25) is 0 Å². The van der Waals surface area contributed by atoms with Crippen molar-refractivity contribution < 1.29 is 78.2 Å². The molecular weight excluding hydrogens is 290 g/mol. The van der Waals surface area contributed by atoms with Crippen molar-refractivity contribution >= 4 is 12.4 Å². The van der Waals surface area contributed by atoms with Crippen LogP contribution in [0.5, 0.6) is 5.75 Å². The molecule has 0 aliphatic carbocycles. The van der Waals surface area contributed by atoms with Crippen molar-refractivity contribution in [2.45, 2.75) is 18.9 Å². The smallest absolute Gasteiger partial charge is 0.494 e. The van der Waals surface area contributed by atoms with E-state index in [4.69, 9.17) is 9.47 Å². The molecule has 0 bridgehead atoms. The first-order valence-corrected chi connectivity index (χ1v) is 5.70. The molecule has 1 unspecified atom stereocenters. The van der Waals surface area contributed by atoms with Gasteiger partial charge >= 0.3 is 58.4 Å². The zero-order valence-corrected chi connectivity index (χ0v) is 13.7. The van der Waals surface area contributed by atoms with Crippen LogP contribution in [0.15, 0.2) is 18.2 Å². The van der Waals surface area contributed by atoms with Gasteiger partial charge in [-0.2, -0.15) is 0 Å². The van der Waals surface area contributed by atoms with E-state index in [-0.39, 0.29) is 64.1 Å². The third-order valence-electron chi connectivity index (χ3n) is 2.78. The molecule has 1 fully saturated rings. The van der Waals surface area contributed by atoms with Gasteiger partial charge in [0, 0.05) is 12.7 Å². The van der Waals surface area contributed by atoms with E-state index in [2.05, 4.69) is 0 Å². The Morgan fingerprint density at radius 1 is 1.32 bits per heavy atom. The van der Waals surface area contributed by atoms with Gasteiger partial charge in [-0.3, -0.25) is 0 Å². The van der Waals surface area contributed by atoms with E-state index < -0.39 is 24.0 Å². The normalized spacial score (nSPS) is 19.1. The Morgan fingerprint density at radius 2 is 2.05 bits per heavy atom. The van der Waals surface area contributed by atoms with Gasteiger partial charge in [0.1, 0.15) is 12.4 Å². The van der Waals surface area contributed by atoms with Gasteiger partial charge in [-0.05, 0) is 18.9 Å². The molecule has 1 aromatic carbocycles. The molecule has 1 aromatic rings. The number of rotatable bonds is 4. The first kappa shape index (κ1) is 17.5. The molecule has 1 aliphatic rings. The molecule has 0 radical (unpaired) electrons. The predicted molar refractivity (Wildman–Crippen MR) is 59.6 cm³/mol. The molecule has 8 heteroatoms. The maximum atomic E-state index is 13.0. The number of halogens is 4. The quantitative estimate of drug-likeness (QED) is 0.548. The largest absolute Gasteiger partial charge is 1.00 e. The summed E-state index contributed by atoms with van der Waals surface area (Å²) in [5, 5.41) is 0. The van der Waals surface area contributed by atoms with Crippen molar-refractivity contribution in [1.29, 1.82) is 0 Å². The molecule has 0 amide bonds. The minimum Gasteiger partial charge on any atom is -0.494 e. The molecule has 0 spiro atoms. The molecule has 1 heterocycles. The van der Waals surface area contributed by atoms with Crippen LogP contribution >= 0.6 is 0 Å². The van der Waals surface area contributed by atoms with E-state index >= 15 is 0 Å². The molecule has 0 N–H and O–H groups in total. The van der Waals surface area contributed by atoms with Crippen molar-refractivity contribution in [3.05, 3.63) is 24.0 Å². The standard InChI is InChI=1S/C11H12BF4O2.K/c13-8-3-4-10(12(14,15)16)11(6-8)18-7-9-2-1-5-17-9;/h3-4,6,9H,1-2,5,7H2;/q-1;+1. The van der Waals surface area contributed by atoms with Crippen LogP contribution in [-0.2, 0) is 4.74 Å². The molecule has 0 saturated carbocycles. The topological polar surface area (TPSA) is 18.5 Å². The second kappa shape index (κ2) is 7.42. The van der Waals surface area contributed by atoms with Crippen LogP contribution in [0.25, 0.3) is 0 Å². The van der Waals surface area contributed by atoms with E-state index in [0.717, 1.165) is 25.0 Å². The fourth-order valence-electron chi connectivity index (χ4n) is 1.86. The number of ether oxygens (including phenoxy) is 2. The summed E-state index contributed by atoms with van der Waals surface area (Å²) >= 11 is 0. The molecular formula is C11H12BF4KO2. The minimum absolute atomic E-state index is 0. The zero-order chi connectivity index (χ0) is 13.2. The predicted octanol–water partition coefficient (Wildman–Crippen LogP) is -0.558. The maximum Gasteiger partial charge on any atom is 1.00 e. The molecule has 2 rings (SSSR count). The van der Waals surface area contributed by atoms with Crippen LogP contribution in [0, 0.1) is 5.82 Å². The number of benzene rings is 1. The van der Waals surface area contributed by atoms with E-state index in [1.54, 1.807) is 0 Å². The average molecular weight is 302 g/mol. The van der Waals surface area contributed by atoms with Crippen molar-refractivity contribution in [2.75, 3.05) is 13.2 Å². The second-order valence-corrected chi connectivity index (χ2v) is 4.20. The average Bonchev–Trinajstić information content (AvgIpc) is 2.77. The number of hydrogen-bond donors (Lipinski definition) is 0. The van der Waals surface area contributed by atoms with Gasteiger partial charge in [0.15, 0.2) is 0 Å². The third-order valence-corrected chi connectivity index (χ3v) is 2.78. The first-order chi connectivity index (χ1) is 8.47. The zero-order valence-electron chi connectivity index (χ0n) is 10.5. The van der Waals surface area contributed by atoms with Crippen molar-refractivity contribution in [3.8, 4) is 5.75 Å². The van der Waals surface area contributed by atoms with Crippen LogP contribution in [0.1, 0.15) is 12.8 Å². The van der Waals surface area contributed by atoms with Crippen molar-refractivity contribution in [2.24, 2.45) is 0 Å². The van der Waals surface area contributed by atoms with Gasteiger partial charge in [-0.1, -0.05) is 11.5 Å². The first-order valence-electron chi connectivity index (χ1n) is 5.70. The monoisotopic (exact) mass is 302 g/mol. The Bertz CT molecular complexity index is 422. The van der Waals surface area contributed by atoms with Crippen LogP contribution < -0.4 is 61.6 Å². The summed E-state index contributed by atoms with van der Waals surface area (Å²) in [5.74, 6) is -1.21. The van der Waals surface area contributed by atoms with Gasteiger partial charge in [0.05, 0.1) is 11.9 Å². The Labute approximate surface area is 151 Å². The summed E-state index contributed by atoms with van der Waals surface area (Å²) in [6.45, 7) is -4.60. The fraction of sp³-hybridized carbons (Fsp3) is 0.455. The molecule has 1 saturated heterocycles. The van der Waals surface area contributed by atoms with E-state index in [0.29, 0.717) is 12.7 Å². The van der Waals surface area contributed by atoms with Gasteiger partial charge in [-0.15, -0.1) is 0 Å². The summed E-state index contributed by atoms with van der Waals surface area (Å²) in [4.78, 5) is 0. The Hall–Kier alpha value is 0.401. The molecule has 100 valence electrons. The van der Waals surface area contributed by atoms with Crippen molar-refractivity contribution in [1.82, 2.24) is 0 Å². The summed E-state index contributed by atoms with van der Waals surface area (Å²) < 4.78 is 61.4. The summed E-state index contributed by atoms with van der Waals surface area (Å²) in [5.41, 5.74) is -0.908. The molecule has 1 atom stereocenters. The van der Waals surface area contributed by atoms with Crippen LogP contribution in [-0.4, -0.2) is 26.3 Å². The molecule has 1 aliphatic heterocycles. The summed E-state index contributed by atoms with van der Waals surface area (Å²) in [6.07, 6.45) is 1.41. The Morgan fingerprint density at radius 3 is 2.63 bits per heavy atom. The van der Waals surface area contributed by atoms with E-state index in [1.165, 1.54) is 0 Å². The van der Waals surface area contributed by atoms with Gasteiger partial charge in [0.25, 0.3) is 0 Å². The summed E-state index contributed by atoms with van der Waals surface area (Å²) in [6, 6.07) is 2.25. The van der Waals surface area contributed by atoms with Crippen molar-refractivity contribution in [3.63, 3.8) is 0 Å². The van der Waals surface area contributed by atoms with Gasteiger partial charge in [-0.25, -0.2) is 4.39 Å². The van der Waals surface area contributed by atoms with Gasteiger partial charge < -0.3 is 22.4 Å². The molecule has 0 aromatic heterocycles. The fourth-order valence-corrected chi connectivity index (χ4v) is 1.86. The van der Waals surface area contributed by atoms with Crippen LogP contribution in [0.4, 0.5) is 17.3 Å². The van der Waals surface area contributed by atoms with Crippen LogP contribution in [0.3, 0.4) is 0 Å². The summed E-state index contributed by atoms with van der Waals surface area (Å²) in [7, 11) is 0. The van der Waals surface area contributed by atoms with E-state index in [9.17, 15) is 17.3 Å². The third kappa shape index (κ3) is 5.02. The molecule has 19 heavy (non-hydrogen) atoms. The molecule has 2 nitrogen and oxygen atoms in total. The SMILES string of the molecule is Fc1ccc([B-](F)(F)F)c(OCC2CCCO2)c1.[K+]. The minimum atomic E-state index is -5.21. The van der Waals surface area contributed by atoms with E-state index in [1.807, 2.05) is 0 Å². The Balaban J connectivity index is 0.00000180. The maximum absolute atomic E-state index is 13.0. The van der Waals surface area contributed by atoms with Gasteiger partial charge in [0.2, 0.25) is 0 Å². The number of hydrogen-bond acceptors (Lipinski definition) is 2.